The summed E-state index contributed by atoms with van der Waals surface area (Å²) in [5, 5.41) is 27.4. The zero-order valence-corrected chi connectivity index (χ0v) is 16.1. The van der Waals surface area contributed by atoms with Crippen LogP contribution in [0.3, 0.4) is 0 Å². The number of carboxylic acids is 1. The van der Waals surface area contributed by atoms with E-state index < -0.39 is 5.97 Å². The number of carboxylic acid groups (broad SMARTS) is 1. The van der Waals surface area contributed by atoms with Crippen molar-refractivity contribution in [3.63, 3.8) is 0 Å². The Balaban J connectivity index is 1.48. The van der Waals surface area contributed by atoms with Crippen molar-refractivity contribution in [1.29, 1.82) is 0 Å². The molecule has 0 bridgehead atoms. The number of nitrogens with one attached hydrogen (secondary N) is 2. The first-order chi connectivity index (χ1) is 14.5. The summed E-state index contributed by atoms with van der Waals surface area (Å²) >= 11 is 0. The normalized spacial score (nSPS) is 13.5. The third-order valence-electron chi connectivity index (χ3n) is 5.19. The molecule has 0 unspecified atom stereocenters. The molecule has 9 nitrogen and oxygen atoms in total. The number of fused-ring (bicyclic) bond motifs is 1. The molecule has 150 valence electrons. The standard InChI is InChI=1S/C21H18N6O3/c1-11-2-7-14(8-3-11)27-19(12-4-5-12)18(25-26-27)20(28)22-13-6-9-16-15(10-13)17(21(29)30)24-23-16/h2-3,6-10,12H,4-5H2,1H3,(H,22,28)(H,23,24)(H,29,30). The molecule has 5 rings (SSSR count). The van der Waals surface area contributed by atoms with Crippen molar-refractivity contribution in [2.45, 2.75) is 25.7 Å². The number of rotatable bonds is 5. The maximum Gasteiger partial charge on any atom is 0.357 e. The van der Waals surface area contributed by atoms with Crippen LogP contribution in [-0.2, 0) is 0 Å². The minimum atomic E-state index is -1.14. The van der Waals surface area contributed by atoms with Crippen molar-refractivity contribution in [2.75, 3.05) is 5.32 Å². The molecule has 0 spiro atoms. The van der Waals surface area contributed by atoms with Crippen LogP contribution in [0.4, 0.5) is 5.69 Å². The molecule has 0 atom stereocenters. The second-order valence-corrected chi connectivity index (χ2v) is 7.44. The topological polar surface area (TPSA) is 126 Å². The summed E-state index contributed by atoms with van der Waals surface area (Å²) in [4.78, 5) is 24.3. The first-order valence-corrected chi connectivity index (χ1v) is 9.56. The van der Waals surface area contributed by atoms with E-state index in [4.69, 9.17) is 0 Å². The van der Waals surface area contributed by atoms with Gasteiger partial charge in [-0.25, -0.2) is 9.48 Å². The number of benzene rings is 2. The minimum absolute atomic E-state index is 0.0925. The third-order valence-corrected chi connectivity index (χ3v) is 5.19. The maximum absolute atomic E-state index is 13.0. The third kappa shape index (κ3) is 3.10. The van der Waals surface area contributed by atoms with Gasteiger partial charge in [0.25, 0.3) is 5.91 Å². The second kappa shape index (κ2) is 6.80. The van der Waals surface area contributed by atoms with Crippen molar-refractivity contribution in [3.05, 3.63) is 65.1 Å². The Bertz CT molecular complexity index is 1280. The number of H-pyrrole nitrogens is 1. The van der Waals surface area contributed by atoms with Gasteiger partial charge in [-0.15, -0.1) is 5.10 Å². The summed E-state index contributed by atoms with van der Waals surface area (Å²) in [6, 6.07) is 12.8. The van der Waals surface area contributed by atoms with Crippen LogP contribution >= 0.6 is 0 Å². The van der Waals surface area contributed by atoms with Gasteiger partial charge in [0, 0.05) is 17.0 Å². The molecule has 0 radical (unpaired) electrons. The Morgan fingerprint density at radius 2 is 1.90 bits per heavy atom. The summed E-state index contributed by atoms with van der Waals surface area (Å²) in [5.74, 6) is -1.27. The van der Waals surface area contributed by atoms with E-state index in [2.05, 4.69) is 25.8 Å². The van der Waals surface area contributed by atoms with E-state index in [-0.39, 0.29) is 23.2 Å². The van der Waals surface area contributed by atoms with Gasteiger partial charge in [-0.3, -0.25) is 9.89 Å². The molecular weight excluding hydrogens is 384 g/mol. The fourth-order valence-corrected chi connectivity index (χ4v) is 3.50. The lowest BCUT2D eigenvalue weighted by Gasteiger charge is -2.08. The number of aromatic nitrogens is 5. The number of hydrogen-bond donors (Lipinski definition) is 3. The lowest BCUT2D eigenvalue weighted by atomic mass is 10.1. The van der Waals surface area contributed by atoms with Gasteiger partial charge in [0.05, 0.1) is 16.9 Å². The van der Waals surface area contributed by atoms with Gasteiger partial charge in [0.1, 0.15) is 0 Å². The van der Waals surface area contributed by atoms with E-state index in [1.54, 1.807) is 22.9 Å². The number of nitrogens with zero attached hydrogens (tertiary/aromatic N) is 4. The summed E-state index contributed by atoms with van der Waals surface area (Å²) < 4.78 is 1.73. The highest BCUT2D eigenvalue weighted by molar-refractivity contribution is 6.06. The Labute approximate surface area is 170 Å². The number of aromatic carboxylic acids is 1. The van der Waals surface area contributed by atoms with Crippen molar-refractivity contribution in [2.24, 2.45) is 0 Å². The molecule has 2 aromatic heterocycles. The van der Waals surface area contributed by atoms with E-state index in [9.17, 15) is 14.7 Å². The van der Waals surface area contributed by atoms with Gasteiger partial charge in [0.15, 0.2) is 11.4 Å². The van der Waals surface area contributed by atoms with Crippen LogP contribution in [0, 0.1) is 6.92 Å². The molecule has 1 amide bonds. The monoisotopic (exact) mass is 402 g/mol. The molecule has 1 aliphatic rings. The zero-order chi connectivity index (χ0) is 20.8. The SMILES string of the molecule is Cc1ccc(-n2nnc(C(=O)Nc3ccc4[nH]nc(C(=O)O)c4c3)c2C2CC2)cc1. The van der Waals surface area contributed by atoms with Crippen LogP contribution in [-0.4, -0.2) is 42.2 Å². The molecule has 1 saturated carbocycles. The highest BCUT2D eigenvalue weighted by Crippen LogP contribution is 2.42. The summed E-state index contributed by atoms with van der Waals surface area (Å²) in [5.41, 5.74) is 4.03. The van der Waals surface area contributed by atoms with E-state index in [0.29, 0.717) is 16.6 Å². The maximum atomic E-state index is 13.0. The highest BCUT2D eigenvalue weighted by atomic mass is 16.4. The van der Waals surface area contributed by atoms with Crippen LogP contribution in [0.2, 0.25) is 0 Å². The van der Waals surface area contributed by atoms with Crippen LogP contribution < -0.4 is 5.32 Å². The molecule has 0 saturated heterocycles. The number of amides is 1. The van der Waals surface area contributed by atoms with Gasteiger partial charge in [-0.1, -0.05) is 22.9 Å². The number of hydrogen-bond acceptors (Lipinski definition) is 5. The van der Waals surface area contributed by atoms with Crippen molar-refractivity contribution < 1.29 is 14.7 Å². The second-order valence-electron chi connectivity index (χ2n) is 7.44. The molecule has 3 N–H and O–H groups in total. The molecule has 4 aromatic rings. The minimum Gasteiger partial charge on any atom is -0.476 e. The van der Waals surface area contributed by atoms with Crippen LogP contribution in [0.1, 0.15) is 51.0 Å². The molecule has 1 aliphatic carbocycles. The predicted molar refractivity (Wildman–Crippen MR) is 109 cm³/mol. The van der Waals surface area contributed by atoms with Gasteiger partial charge >= 0.3 is 5.97 Å². The summed E-state index contributed by atoms with van der Waals surface area (Å²) in [7, 11) is 0. The fraction of sp³-hybridized carbons (Fsp3) is 0.190. The largest absolute Gasteiger partial charge is 0.476 e. The lowest BCUT2D eigenvalue weighted by molar-refractivity contribution is 0.0692. The molecular formula is C21H18N6O3. The molecule has 9 heteroatoms. The smallest absolute Gasteiger partial charge is 0.357 e. The van der Waals surface area contributed by atoms with Gasteiger partial charge < -0.3 is 10.4 Å². The molecule has 1 fully saturated rings. The van der Waals surface area contributed by atoms with Gasteiger partial charge in [-0.05, 0) is 50.1 Å². The van der Waals surface area contributed by atoms with Crippen LogP contribution in [0.5, 0.6) is 0 Å². The Morgan fingerprint density at radius 1 is 1.13 bits per heavy atom. The van der Waals surface area contributed by atoms with E-state index >= 15 is 0 Å². The number of aromatic amines is 1. The predicted octanol–water partition coefficient (Wildman–Crippen LogP) is 3.28. The van der Waals surface area contributed by atoms with Gasteiger partial charge in [-0.2, -0.15) is 5.10 Å². The summed E-state index contributed by atoms with van der Waals surface area (Å²) in [6.45, 7) is 2.01. The number of anilines is 1. The number of carbonyl (C=O) groups is 2. The van der Waals surface area contributed by atoms with E-state index in [1.165, 1.54) is 0 Å². The Hall–Kier alpha value is -4.01. The molecule has 2 aromatic carbocycles. The zero-order valence-electron chi connectivity index (χ0n) is 16.1. The Morgan fingerprint density at radius 3 is 2.60 bits per heavy atom. The molecule has 30 heavy (non-hydrogen) atoms. The van der Waals surface area contributed by atoms with Crippen molar-refractivity contribution >= 4 is 28.5 Å². The highest BCUT2D eigenvalue weighted by Gasteiger charge is 2.34. The lowest BCUT2D eigenvalue weighted by Crippen LogP contribution is -2.15. The molecule has 2 heterocycles. The van der Waals surface area contributed by atoms with Gasteiger partial charge in [0.2, 0.25) is 0 Å². The summed E-state index contributed by atoms with van der Waals surface area (Å²) in [6.07, 6.45) is 1.98. The quantitative estimate of drug-likeness (QED) is 0.470. The number of aryl methyl sites for hydroxylation is 1. The molecule has 0 aliphatic heterocycles. The van der Waals surface area contributed by atoms with Crippen LogP contribution in [0.25, 0.3) is 16.6 Å². The van der Waals surface area contributed by atoms with Crippen LogP contribution in [0.15, 0.2) is 42.5 Å². The number of carbonyl (C=O) groups excluding carboxylic acids is 1. The average Bonchev–Trinajstić information content (AvgIpc) is 3.32. The van der Waals surface area contributed by atoms with Crippen molar-refractivity contribution in [3.8, 4) is 5.69 Å². The Kier molecular flexibility index (Phi) is 4.09. The van der Waals surface area contributed by atoms with E-state index in [1.807, 2.05) is 31.2 Å². The van der Waals surface area contributed by atoms with Crippen molar-refractivity contribution in [1.82, 2.24) is 25.2 Å². The fourth-order valence-electron chi connectivity index (χ4n) is 3.50. The average molecular weight is 402 g/mol. The van der Waals surface area contributed by atoms with E-state index in [0.717, 1.165) is 29.8 Å². The first-order valence-electron chi connectivity index (χ1n) is 9.56. The first kappa shape index (κ1) is 18.0.